The van der Waals surface area contributed by atoms with Crippen LogP contribution in [0.5, 0.6) is 0 Å². The molecule has 0 amide bonds. The minimum Gasteiger partial charge on any atom is -0.346 e. The van der Waals surface area contributed by atoms with Crippen LogP contribution in [0, 0.1) is 0 Å². The Bertz CT molecular complexity index is 2120. The first-order valence-electron chi connectivity index (χ1n) is 13.8. The highest BCUT2D eigenvalue weighted by atomic mass is 31.2. The zero-order valence-electron chi connectivity index (χ0n) is 22.3. The fourth-order valence-electron chi connectivity index (χ4n) is 6.19. The molecule has 3 aliphatic heterocycles. The highest BCUT2D eigenvalue weighted by Gasteiger charge is 2.42. The Hall–Kier alpha value is -4.07. The standard InChI is InChI=1S/C30H26BN6O2P/c1-3-17-40(38,18-4-2)39-31-36-27-21-13-7-9-15-23(21)29(36)35-30-24-16-10-8-14-22(24)28(37(30)31)34-26-20-12-6-5-11-19(20)25(32-26)33-27/h5-16H,3-4,17-18H2,1-2H3/b33-25-,33-27?,34-26?,34-28-. The maximum atomic E-state index is 14.4. The third-order valence-corrected chi connectivity index (χ3v) is 10.7. The summed E-state index contributed by atoms with van der Waals surface area (Å²) in [5, 5.41) is 3.80. The van der Waals surface area contributed by atoms with E-state index in [-0.39, 0.29) is 0 Å². The van der Waals surface area contributed by atoms with Gasteiger partial charge in [-0.05, 0) is 12.8 Å². The predicted octanol–water partition coefficient (Wildman–Crippen LogP) is 5.83. The monoisotopic (exact) mass is 544 g/mol. The average molecular weight is 544 g/mol. The first-order valence-corrected chi connectivity index (χ1v) is 15.8. The van der Waals surface area contributed by atoms with E-state index >= 15 is 0 Å². The second kappa shape index (κ2) is 8.72. The molecule has 0 aliphatic carbocycles. The molecular weight excluding hydrogens is 518 g/mol. The Labute approximate surface area is 231 Å². The van der Waals surface area contributed by atoms with Gasteiger partial charge in [-0.15, -0.1) is 0 Å². The normalized spacial score (nSPS) is 17.1. The SMILES string of the molecule is CCCP(=O)(CCC)OB1n2c3c4ccccc4c2/N=C2N=C(/N=c4/c5ccccc5c(n41)=N3)c1ccccc1\2. The number of hydrogen-bond donors (Lipinski definition) is 0. The fraction of sp³-hybridized carbons (Fsp3) is 0.200. The number of aromatic nitrogens is 2. The van der Waals surface area contributed by atoms with Gasteiger partial charge in [-0.3, -0.25) is 4.57 Å². The van der Waals surface area contributed by atoms with Gasteiger partial charge < -0.3 is 13.4 Å². The van der Waals surface area contributed by atoms with E-state index in [1.807, 2.05) is 57.5 Å². The number of amidine groups is 2. The summed E-state index contributed by atoms with van der Waals surface area (Å²) in [6.45, 7) is 4.10. The van der Waals surface area contributed by atoms with Gasteiger partial charge in [0.15, 0.2) is 19.0 Å². The molecule has 0 saturated heterocycles. The molecule has 3 aromatic carbocycles. The summed E-state index contributed by atoms with van der Waals surface area (Å²) in [4.78, 5) is 20.5. The molecule has 8 nitrogen and oxygen atoms in total. The molecule has 196 valence electrons. The molecular formula is C30H26BN6O2P. The summed E-state index contributed by atoms with van der Waals surface area (Å²) < 4.78 is 25.2. The van der Waals surface area contributed by atoms with Gasteiger partial charge >= 0.3 is 7.19 Å². The molecule has 0 unspecified atom stereocenters. The molecule has 5 heterocycles. The Morgan fingerprint density at radius 3 is 1.75 bits per heavy atom. The van der Waals surface area contributed by atoms with Crippen LogP contribution in [0.15, 0.2) is 92.8 Å². The summed E-state index contributed by atoms with van der Waals surface area (Å²) in [6, 6.07) is 24.3. The van der Waals surface area contributed by atoms with Gasteiger partial charge in [-0.1, -0.05) is 86.6 Å². The van der Waals surface area contributed by atoms with Crippen molar-refractivity contribution in [2.24, 2.45) is 20.0 Å². The van der Waals surface area contributed by atoms with Crippen molar-refractivity contribution in [3.8, 4) is 0 Å². The van der Waals surface area contributed by atoms with Crippen LogP contribution in [0.1, 0.15) is 37.8 Å². The summed E-state index contributed by atoms with van der Waals surface area (Å²) in [5.41, 5.74) is 3.28. The van der Waals surface area contributed by atoms with E-state index in [0.29, 0.717) is 35.3 Å². The van der Waals surface area contributed by atoms with Crippen LogP contribution in [0.2, 0.25) is 0 Å². The van der Waals surface area contributed by atoms with Gasteiger partial charge in [0.05, 0.1) is 0 Å². The molecule has 2 aromatic heterocycles. The van der Waals surface area contributed by atoms with Gasteiger partial charge in [-0.25, -0.2) is 20.0 Å². The maximum absolute atomic E-state index is 14.4. The lowest BCUT2D eigenvalue weighted by Crippen LogP contribution is -2.50. The van der Waals surface area contributed by atoms with Crippen LogP contribution in [0.25, 0.3) is 21.5 Å². The zero-order valence-corrected chi connectivity index (χ0v) is 23.2. The van der Waals surface area contributed by atoms with E-state index in [1.165, 1.54) is 0 Å². The highest BCUT2D eigenvalue weighted by molar-refractivity contribution is 7.60. The molecule has 10 heteroatoms. The molecule has 0 fully saturated rings. The first-order chi connectivity index (χ1) is 19.6. The first kappa shape index (κ1) is 23.8. The van der Waals surface area contributed by atoms with Crippen LogP contribution in [0.4, 0.5) is 11.6 Å². The fourth-order valence-corrected chi connectivity index (χ4v) is 8.52. The minimum atomic E-state index is -3.01. The molecule has 5 aromatic rings. The second-order valence-electron chi connectivity index (χ2n) is 10.5. The van der Waals surface area contributed by atoms with Gasteiger partial charge in [0.25, 0.3) is 0 Å². The Morgan fingerprint density at radius 1 is 0.650 bits per heavy atom. The number of aliphatic imine (C=N–C) groups is 2. The van der Waals surface area contributed by atoms with Crippen molar-refractivity contribution in [2.45, 2.75) is 26.7 Å². The molecule has 8 rings (SSSR count). The number of nitrogens with zero attached hydrogens (tertiary/aromatic N) is 6. The summed E-state index contributed by atoms with van der Waals surface area (Å²) in [7, 11) is -3.79. The zero-order chi connectivity index (χ0) is 27.0. The summed E-state index contributed by atoms with van der Waals surface area (Å²) in [6.07, 6.45) is 2.56. The van der Waals surface area contributed by atoms with E-state index in [2.05, 4.69) is 38.1 Å². The maximum Gasteiger partial charge on any atom is 0.568 e. The van der Waals surface area contributed by atoms with Crippen molar-refractivity contribution in [3.63, 3.8) is 0 Å². The van der Waals surface area contributed by atoms with Crippen molar-refractivity contribution in [2.75, 3.05) is 12.3 Å². The quantitative estimate of drug-likeness (QED) is 0.199. The smallest absolute Gasteiger partial charge is 0.346 e. The lowest BCUT2D eigenvalue weighted by atomic mass is 10.00. The predicted molar refractivity (Wildman–Crippen MR) is 161 cm³/mol. The lowest BCUT2D eigenvalue weighted by Gasteiger charge is -2.27. The average Bonchev–Trinajstić information content (AvgIpc) is 3.59. The van der Waals surface area contributed by atoms with Crippen molar-refractivity contribution in [3.05, 3.63) is 94.9 Å². The summed E-state index contributed by atoms with van der Waals surface area (Å²) in [5.74, 6) is 2.61. The molecule has 3 aliphatic rings. The van der Waals surface area contributed by atoms with Crippen molar-refractivity contribution >= 4 is 59.4 Å². The highest BCUT2D eigenvalue weighted by Crippen LogP contribution is 2.50. The third kappa shape index (κ3) is 3.28. The largest absolute Gasteiger partial charge is 0.568 e. The van der Waals surface area contributed by atoms with Gasteiger partial charge in [0.1, 0.15) is 22.6 Å². The van der Waals surface area contributed by atoms with E-state index in [0.717, 1.165) is 56.8 Å². The molecule has 40 heavy (non-hydrogen) atoms. The van der Waals surface area contributed by atoms with Gasteiger partial charge in [-0.2, -0.15) is 0 Å². The van der Waals surface area contributed by atoms with Crippen LogP contribution < -0.4 is 11.0 Å². The van der Waals surface area contributed by atoms with E-state index in [9.17, 15) is 4.57 Å². The van der Waals surface area contributed by atoms with Crippen LogP contribution in [-0.4, -0.2) is 40.1 Å². The number of rotatable bonds is 6. The molecule has 0 N–H and O–H groups in total. The van der Waals surface area contributed by atoms with E-state index < -0.39 is 14.6 Å². The van der Waals surface area contributed by atoms with Gasteiger partial charge in [0, 0.05) is 45.0 Å². The van der Waals surface area contributed by atoms with Crippen LogP contribution in [0.3, 0.4) is 0 Å². The molecule has 0 atom stereocenters. The van der Waals surface area contributed by atoms with E-state index in [4.69, 9.17) is 24.4 Å². The summed E-state index contributed by atoms with van der Waals surface area (Å²) >= 11 is 0. The van der Waals surface area contributed by atoms with Crippen molar-refractivity contribution < 1.29 is 9.01 Å². The minimum absolute atomic E-state index is 0.509. The third-order valence-electron chi connectivity index (χ3n) is 7.84. The van der Waals surface area contributed by atoms with Gasteiger partial charge in [0.2, 0.25) is 0 Å². The number of hydrogen-bond acceptors (Lipinski definition) is 6. The van der Waals surface area contributed by atoms with Crippen molar-refractivity contribution in [1.29, 1.82) is 0 Å². The van der Waals surface area contributed by atoms with Crippen LogP contribution >= 0.6 is 7.37 Å². The number of benzene rings is 3. The molecule has 0 saturated carbocycles. The molecule has 0 radical (unpaired) electrons. The second-order valence-corrected chi connectivity index (χ2v) is 13.2. The van der Waals surface area contributed by atoms with Crippen LogP contribution in [-0.2, 0) is 9.01 Å². The topological polar surface area (TPSA) is 85.6 Å². The lowest BCUT2D eigenvalue weighted by molar-refractivity contribution is 0.468. The molecule has 4 bridgehead atoms. The Balaban J connectivity index is 1.58. The number of fused-ring (bicyclic) bond motifs is 10. The Kier molecular flexibility index (Phi) is 5.18. The molecule has 0 spiro atoms. The van der Waals surface area contributed by atoms with Crippen molar-refractivity contribution in [1.82, 2.24) is 8.96 Å². The van der Waals surface area contributed by atoms with E-state index in [1.54, 1.807) is 0 Å². The Morgan fingerprint density at radius 2 is 1.15 bits per heavy atom.